The number of rotatable bonds is 8. The maximum absolute atomic E-state index is 14.0. The first-order chi connectivity index (χ1) is 21.0. The number of nitrogens with one attached hydrogen (secondary N) is 2. The van der Waals surface area contributed by atoms with Crippen molar-refractivity contribution in [1.82, 2.24) is 19.4 Å². The third-order valence-corrected chi connectivity index (χ3v) is 7.16. The van der Waals surface area contributed by atoms with E-state index in [0.29, 0.717) is 11.4 Å². The molecule has 12 heteroatoms. The molecule has 0 spiro atoms. The number of ether oxygens (including phenoxy) is 2. The number of nitrogens with zero attached hydrogens (tertiary/aromatic N) is 4. The van der Waals surface area contributed by atoms with Crippen molar-refractivity contribution in [2.45, 2.75) is 19.5 Å². The second-order valence-electron chi connectivity index (χ2n) is 9.51. The second kappa shape index (κ2) is 10.9. The zero-order valence-corrected chi connectivity index (χ0v) is 22.4. The monoisotopic (exact) mass is 568 g/mol. The summed E-state index contributed by atoms with van der Waals surface area (Å²) in [5, 5.41) is 8.82. The highest BCUT2D eigenvalue weighted by atomic mass is 32.1. The summed E-state index contributed by atoms with van der Waals surface area (Å²) in [4.78, 5) is 19.3. The molecule has 2 aromatic carbocycles. The van der Waals surface area contributed by atoms with Crippen LogP contribution in [0.2, 0.25) is 0 Å². The number of benzene rings is 2. The van der Waals surface area contributed by atoms with Crippen molar-refractivity contribution < 1.29 is 28.7 Å². The first-order valence-electron chi connectivity index (χ1n) is 14.8. The molecule has 1 aliphatic rings. The quantitative estimate of drug-likeness (QED) is 0.245. The van der Waals surface area contributed by atoms with Crippen LogP contribution in [-0.4, -0.2) is 64.8 Å². The zero-order valence-electron chi connectivity index (χ0n) is 25.6. The highest BCUT2D eigenvalue weighted by Crippen LogP contribution is 2.32. The number of thiazole rings is 1. The number of morpholine rings is 1. The summed E-state index contributed by atoms with van der Waals surface area (Å²) in [5.41, 5.74) is 1.52. The lowest BCUT2D eigenvalue weighted by Gasteiger charge is -2.26. The van der Waals surface area contributed by atoms with Crippen molar-refractivity contribution in [3.63, 3.8) is 0 Å². The van der Waals surface area contributed by atoms with Crippen LogP contribution in [0, 0.1) is 0 Å². The Labute approximate surface area is 239 Å². The molecule has 208 valence electrons. The Balaban J connectivity index is 1.07. The third kappa shape index (κ3) is 5.79. The second-order valence-corrected chi connectivity index (χ2v) is 10.5. The van der Waals surface area contributed by atoms with Crippen molar-refractivity contribution in [2.75, 3.05) is 50.0 Å². The van der Waals surface area contributed by atoms with Gasteiger partial charge in [-0.25, -0.2) is 14.2 Å². The van der Waals surface area contributed by atoms with E-state index in [1.807, 2.05) is 40.9 Å². The summed E-state index contributed by atoms with van der Waals surface area (Å²) in [6, 6.07) is 13.7. The Morgan fingerprint density at radius 2 is 1.98 bits per heavy atom. The van der Waals surface area contributed by atoms with Gasteiger partial charge in [0.1, 0.15) is 18.1 Å². The molecule has 4 unspecified atom stereocenters. The van der Waals surface area contributed by atoms with E-state index in [4.69, 9.17) is 24.5 Å². The van der Waals surface area contributed by atoms with Gasteiger partial charge in [0.25, 0.3) is 0 Å². The van der Waals surface area contributed by atoms with E-state index in [1.165, 1.54) is 36.2 Å². The molecular formula is C28H29FN6O4S. The van der Waals surface area contributed by atoms with Crippen molar-refractivity contribution in [1.29, 1.82) is 0 Å². The highest BCUT2D eigenvalue weighted by molar-refractivity contribution is 7.23. The van der Waals surface area contributed by atoms with Crippen molar-refractivity contribution in [3.05, 3.63) is 60.4 Å². The van der Waals surface area contributed by atoms with E-state index in [2.05, 4.69) is 15.8 Å². The van der Waals surface area contributed by atoms with Gasteiger partial charge in [0.05, 0.1) is 31.8 Å². The number of amides is 2. The van der Waals surface area contributed by atoms with E-state index < -0.39 is 37.9 Å². The van der Waals surface area contributed by atoms with Crippen LogP contribution >= 0.6 is 11.3 Å². The number of hydrogen-bond donors (Lipinski definition) is 2. The number of alkyl halides is 1. The zero-order chi connectivity index (χ0) is 31.2. The molecule has 4 heterocycles. The first kappa shape index (κ1) is 21.8. The Kier molecular flexibility index (Phi) is 5.92. The van der Waals surface area contributed by atoms with E-state index in [1.54, 1.807) is 12.1 Å². The number of fused-ring (bicyclic) bond motifs is 3. The summed E-state index contributed by atoms with van der Waals surface area (Å²) in [6.45, 7) is -1.36. The summed E-state index contributed by atoms with van der Waals surface area (Å²) in [6.07, 6.45) is 1.94. The molecule has 6 rings (SSSR count). The number of carbonyl (C=O) groups excluding carboxylic acids is 1. The van der Waals surface area contributed by atoms with Gasteiger partial charge < -0.3 is 19.3 Å². The molecule has 1 saturated heterocycles. The molecule has 0 bridgehead atoms. The fraction of sp³-hybridized carbons (Fsp3) is 0.321. The lowest BCUT2D eigenvalue weighted by molar-refractivity contribution is 0.0322. The van der Waals surface area contributed by atoms with Gasteiger partial charge >= 0.3 is 6.03 Å². The molecule has 5 aromatic rings. The Morgan fingerprint density at radius 3 is 2.73 bits per heavy atom. The Bertz CT molecular complexity index is 1780. The minimum atomic E-state index is -1.69. The summed E-state index contributed by atoms with van der Waals surface area (Å²) >= 11 is 1.50. The lowest BCUT2D eigenvalue weighted by Crippen LogP contribution is -2.38. The van der Waals surface area contributed by atoms with Crippen LogP contribution < -0.4 is 15.4 Å². The Morgan fingerprint density at radius 1 is 1.18 bits per heavy atom. The van der Waals surface area contributed by atoms with Gasteiger partial charge in [-0.1, -0.05) is 28.6 Å². The smallest absolute Gasteiger partial charge is 0.326 e. The molecule has 0 saturated carbocycles. The maximum Gasteiger partial charge on any atom is 0.326 e. The van der Waals surface area contributed by atoms with Crippen molar-refractivity contribution in [2.24, 2.45) is 0 Å². The molecule has 1 fully saturated rings. The van der Waals surface area contributed by atoms with Gasteiger partial charge in [0, 0.05) is 45.8 Å². The fourth-order valence-electron chi connectivity index (χ4n) is 4.06. The molecule has 40 heavy (non-hydrogen) atoms. The topological polar surface area (TPSA) is 106 Å². The van der Waals surface area contributed by atoms with Crippen LogP contribution in [-0.2, 0) is 10.4 Å². The fourth-order valence-corrected chi connectivity index (χ4v) is 5.10. The standard InChI is InChI=1S/C28H29FN6O4S/c1-28(2,29)24-16-25(39-33-24)32-26(36)30-19-5-3-18(4-6-19)21-17-35-22-8-7-20(15-23(22)40-27(35)31-21)38-14-11-34-9-12-37-13-10-34/h3-8,15-17H,9-14H2,1-2H3,(H2,30,32,36)/i9D,10D,12D,13D. The minimum absolute atomic E-state index is 0.0346. The summed E-state index contributed by atoms with van der Waals surface area (Å²) in [7, 11) is 0. The minimum Gasteiger partial charge on any atom is -0.492 e. The molecule has 2 amide bonds. The molecule has 10 nitrogen and oxygen atoms in total. The summed E-state index contributed by atoms with van der Waals surface area (Å²) in [5.74, 6) is 0.665. The van der Waals surface area contributed by atoms with E-state index in [9.17, 15) is 9.18 Å². The third-order valence-electron chi connectivity index (χ3n) is 6.14. The SMILES string of the molecule is [2H]C1OC([2H])C([2H])N(CCOc2ccc3c(c2)sc2nc(-c4ccc(NC(=O)Nc5cc(C(C)(C)F)no5)cc4)cn23)C1[2H]. The van der Waals surface area contributed by atoms with Gasteiger partial charge in [-0.05, 0) is 44.2 Å². The average molecular weight is 569 g/mol. The maximum atomic E-state index is 14.0. The molecule has 0 radical (unpaired) electrons. The molecule has 2 N–H and O–H groups in total. The van der Waals surface area contributed by atoms with Crippen LogP contribution in [0.15, 0.2) is 59.3 Å². The van der Waals surface area contributed by atoms with Gasteiger partial charge in [-0.15, -0.1) is 0 Å². The molecule has 3 aromatic heterocycles. The number of imidazole rings is 1. The highest BCUT2D eigenvalue weighted by Gasteiger charge is 2.24. The number of hydrogen-bond acceptors (Lipinski definition) is 8. The number of carbonyl (C=O) groups is 1. The van der Waals surface area contributed by atoms with Gasteiger partial charge in [-0.3, -0.25) is 14.6 Å². The van der Waals surface area contributed by atoms with Crippen molar-refractivity contribution in [3.8, 4) is 17.0 Å². The number of urea groups is 1. The van der Waals surface area contributed by atoms with Crippen LogP contribution in [0.5, 0.6) is 5.75 Å². The summed E-state index contributed by atoms with van der Waals surface area (Å²) < 4.78 is 64.5. The number of anilines is 2. The molecule has 0 aliphatic carbocycles. The lowest BCUT2D eigenvalue weighted by atomic mass is 10.1. The largest absolute Gasteiger partial charge is 0.492 e. The van der Waals surface area contributed by atoms with Crippen LogP contribution in [0.1, 0.15) is 25.0 Å². The van der Waals surface area contributed by atoms with Crippen LogP contribution in [0.4, 0.5) is 20.8 Å². The number of halogens is 1. The molecule has 1 aliphatic heterocycles. The molecular weight excluding hydrogens is 535 g/mol. The van der Waals surface area contributed by atoms with E-state index in [0.717, 1.165) is 26.4 Å². The van der Waals surface area contributed by atoms with Crippen molar-refractivity contribution >= 4 is 44.1 Å². The van der Waals surface area contributed by atoms with Gasteiger partial charge in [-0.2, -0.15) is 0 Å². The van der Waals surface area contributed by atoms with Gasteiger partial charge in [0.2, 0.25) is 5.88 Å². The normalized spacial score (nSPS) is 23.4. The van der Waals surface area contributed by atoms with E-state index >= 15 is 0 Å². The molecule has 4 atom stereocenters. The number of aromatic nitrogens is 3. The predicted molar refractivity (Wildman–Crippen MR) is 152 cm³/mol. The van der Waals surface area contributed by atoms with Gasteiger partial charge in [0.15, 0.2) is 10.6 Å². The average Bonchev–Trinajstić information content (AvgIpc) is 3.69. The predicted octanol–water partition coefficient (Wildman–Crippen LogP) is 5.76. The van der Waals surface area contributed by atoms with E-state index in [-0.39, 0.29) is 24.7 Å². The Hall–Kier alpha value is -4.00. The van der Waals surface area contributed by atoms with Crippen LogP contribution in [0.25, 0.3) is 26.4 Å². The first-order valence-corrected chi connectivity index (χ1v) is 13.3. The van der Waals surface area contributed by atoms with Crippen LogP contribution in [0.3, 0.4) is 0 Å².